The Morgan fingerprint density at radius 1 is 1.06 bits per heavy atom. The highest BCUT2D eigenvalue weighted by atomic mass is 16.5. The third-order valence-corrected chi connectivity index (χ3v) is 3.53. The van der Waals surface area contributed by atoms with Crippen LogP contribution in [-0.2, 0) is 0 Å². The second kappa shape index (κ2) is 7.42. The maximum atomic E-state index is 5.91. The molecule has 1 aromatic rings. The van der Waals surface area contributed by atoms with Crippen LogP contribution in [0, 0.1) is 20.8 Å². The standard InChI is InChI=1S/C16H27NO/c1-6-17(7-2)9-8-10-18-16-12-13(3)11-14(4)15(16)5/h11-12H,6-10H2,1-5H3. The summed E-state index contributed by atoms with van der Waals surface area (Å²) in [5, 5.41) is 0. The first-order valence-electron chi connectivity index (χ1n) is 7.01. The van der Waals surface area contributed by atoms with Crippen molar-refractivity contribution in [2.75, 3.05) is 26.2 Å². The number of aryl methyl sites for hydroxylation is 2. The number of hydrogen-bond acceptors (Lipinski definition) is 2. The van der Waals surface area contributed by atoms with E-state index in [1.165, 1.54) is 16.7 Å². The fourth-order valence-corrected chi connectivity index (χ4v) is 2.16. The van der Waals surface area contributed by atoms with E-state index in [0.29, 0.717) is 0 Å². The number of rotatable bonds is 7. The summed E-state index contributed by atoms with van der Waals surface area (Å²) in [6.07, 6.45) is 1.09. The van der Waals surface area contributed by atoms with E-state index in [1.54, 1.807) is 0 Å². The van der Waals surface area contributed by atoms with Crippen molar-refractivity contribution in [1.82, 2.24) is 4.90 Å². The normalized spacial score (nSPS) is 11.0. The summed E-state index contributed by atoms with van der Waals surface area (Å²) in [5.74, 6) is 1.05. The van der Waals surface area contributed by atoms with Crippen molar-refractivity contribution in [3.63, 3.8) is 0 Å². The van der Waals surface area contributed by atoms with Crippen molar-refractivity contribution in [3.8, 4) is 5.75 Å². The molecule has 1 aromatic carbocycles. The van der Waals surface area contributed by atoms with Gasteiger partial charge < -0.3 is 9.64 Å². The zero-order chi connectivity index (χ0) is 13.5. The molecular weight excluding hydrogens is 222 g/mol. The number of benzene rings is 1. The van der Waals surface area contributed by atoms with E-state index >= 15 is 0 Å². The van der Waals surface area contributed by atoms with Crippen LogP contribution in [0.1, 0.15) is 37.0 Å². The first-order valence-corrected chi connectivity index (χ1v) is 7.01. The Labute approximate surface area is 112 Å². The monoisotopic (exact) mass is 249 g/mol. The van der Waals surface area contributed by atoms with Crippen LogP contribution >= 0.6 is 0 Å². The third kappa shape index (κ3) is 4.34. The molecule has 0 heterocycles. The Bertz CT molecular complexity index is 370. The van der Waals surface area contributed by atoms with Gasteiger partial charge in [-0.3, -0.25) is 0 Å². The lowest BCUT2D eigenvalue weighted by atomic mass is 10.1. The highest BCUT2D eigenvalue weighted by Gasteiger charge is 2.04. The van der Waals surface area contributed by atoms with Crippen LogP contribution < -0.4 is 4.74 Å². The van der Waals surface area contributed by atoms with E-state index in [4.69, 9.17) is 4.74 Å². The maximum Gasteiger partial charge on any atom is 0.122 e. The van der Waals surface area contributed by atoms with E-state index in [-0.39, 0.29) is 0 Å². The van der Waals surface area contributed by atoms with Gasteiger partial charge in [0.05, 0.1) is 6.61 Å². The lowest BCUT2D eigenvalue weighted by molar-refractivity contribution is 0.248. The van der Waals surface area contributed by atoms with Crippen molar-refractivity contribution >= 4 is 0 Å². The molecule has 2 heteroatoms. The van der Waals surface area contributed by atoms with Crippen LogP contribution in [0.5, 0.6) is 5.75 Å². The minimum Gasteiger partial charge on any atom is -0.493 e. The largest absolute Gasteiger partial charge is 0.493 e. The van der Waals surface area contributed by atoms with Gasteiger partial charge in [0.1, 0.15) is 5.75 Å². The second-order valence-electron chi connectivity index (χ2n) is 4.93. The molecule has 1 rings (SSSR count). The lowest BCUT2D eigenvalue weighted by Gasteiger charge is -2.18. The van der Waals surface area contributed by atoms with Crippen molar-refractivity contribution < 1.29 is 4.74 Å². The minimum absolute atomic E-state index is 0.806. The van der Waals surface area contributed by atoms with Gasteiger partial charge >= 0.3 is 0 Å². The Morgan fingerprint density at radius 3 is 2.33 bits per heavy atom. The topological polar surface area (TPSA) is 12.5 Å². The third-order valence-electron chi connectivity index (χ3n) is 3.53. The number of hydrogen-bond donors (Lipinski definition) is 0. The maximum absolute atomic E-state index is 5.91. The molecule has 0 saturated heterocycles. The molecule has 0 amide bonds. The van der Waals surface area contributed by atoms with Gasteiger partial charge in [0.2, 0.25) is 0 Å². The average molecular weight is 249 g/mol. The van der Waals surface area contributed by atoms with E-state index in [0.717, 1.165) is 38.4 Å². The van der Waals surface area contributed by atoms with E-state index < -0.39 is 0 Å². The smallest absolute Gasteiger partial charge is 0.122 e. The van der Waals surface area contributed by atoms with Crippen LogP contribution in [0.15, 0.2) is 12.1 Å². The summed E-state index contributed by atoms with van der Waals surface area (Å²) in [6.45, 7) is 15.0. The first kappa shape index (κ1) is 15.0. The molecule has 0 saturated carbocycles. The summed E-state index contributed by atoms with van der Waals surface area (Å²) in [4.78, 5) is 2.43. The Balaban J connectivity index is 2.44. The van der Waals surface area contributed by atoms with Gasteiger partial charge in [0, 0.05) is 6.54 Å². The molecule has 0 atom stereocenters. The summed E-state index contributed by atoms with van der Waals surface area (Å²) >= 11 is 0. The minimum atomic E-state index is 0.806. The van der Waals surface area contributed by atoms with Gasteiger partial charge in [0.15, 0.2) is 0 Å². The Hall–Kier alpha value is -1.02. The quantitative estimate of drug-likeness (QED) is 0.683. The van der Waals surface area contributed by atoms with Gasteiger partial charge in [0.25, 0.3) is 0 Å². The lowest BCUT2D eigenvalue weighted by Crippen LogP contribution is -2.25. The first-order chi connectivity index (χ1) is 8.58. The van der Waals surface area contributed by atoms with Crippen molar-refractivity contribution in [2.24, 2.45) is 0 Å². The molecule has 0 N–H and O–H groups in total. The summed E-state index contributed by atoms with van der Waals surface area (Å²) in [5.41, 5.74) is 3.86. The SMILES string of the molecule is CCN(CC)CCCOc1cc(C)cc(C)c1C. The van der Waals surface area contributed by atoms with Gasteiger partial charge in [-0.25, -0.2) is 0 Å². The summed E-state index contributed by atoms with van der Waals surface area (Å²) < 4.78 is 5.91. The van der Waals surface area contributed by atoms with Crippen molar-refractivity contribution in [1.29, 1.82) is 0 Å². The molecule has 0 aliphatic rings. The fourth-order valence-electron chi connectivity index (χ4n) is 2.16. The molecule has 18 heavy (non-hydrogen) atoms. The Morgan fingerprint density at radius 2 is 1.72 bits per heavy atom. The van der Waals surface area contributed by atoms with E-state index in [2.05, 4.69) is 51.7 Å². The van der Waals surface area contributed by atoms with Gasteiger partial charge in [-0.2, -0.15) is 0 Å². The fraction of sp³-hybridized carbons (Fsp3) is 0.625. The molecule has 0 radical (unpaired) electrons. The molecule has 0 aliphatic carbocycles. The average Bonchev–Trinajstić information content (AvgIpc) is 2.35. The molecule has 0 spiro atoms. The molecular formula is C16H27NO. The molecule has 0 aliphatic heterocycles. The molecule has 0 bridgehead atoms. The van der Waals surface area contributed by atoms with Crippen molar-refractivity contribution in [2.45, 2.75) is 41.0 Å². The van der Waals surface area contributed by atoms with E-state index in [1.807, 2.05) is 0 Å². The summed E-state index contributed by atoms with van der Waals surface area (Å²) in [6, 6.07) is 4.35. The molecule has 102 valence electrons. The van der Waals surface area contributed by atoms with Gasteiger partial charge in [-0.05, 0) is 63.0 Å². The van der Waals surface area contributed by atoms with Gasteiger partial charge in [-0.1, -0.05) is 19.9 Å². The predicted octanol–water partition coefficient (Wildman–Crippen LogP) is 3.72. The number of nitrogens with zero attached hydrogens (tertiary/aromatic N) is 1. The van der Waals surface area contributed by atoms with Crippen LogP contribution in [-0.4, -0.2) is 31.1 Å². The highest BCUT2D eigenvalue weighted by Crippen LogP contribution is 2.23. The Kier molecular flexibility index (Phi) is 6.20. The molecule has 0 unspecified atom stereocenters. The van der Waals surface area contributed by atoms with Gasteiger partial charge in [-0.15, -0.1) is 0 Å². The van der Waals surface area contributed by atoms with Crippen molar-refractivity contribution in [3.05, 3.63) is 28.8 Å². The second-order valence-corrected chi connectivity index (χ2v) is 4.93. The van der Waals surface area contributed by atoms with Crippen LogP contribution in [0.3, 0.4) is 0 Å². The van der Waals surface area contributed by atoms with Crippen LogP contribution in [0.2, 0.25) is 0 Å². The zero-order valence-electron chi connectivity index (χ0n) is 12.5. The number of ether oxygens (including phenoxy) is 1. The molecule has 2 nitrogen and oxygen atoms in total. The summed E-state index contributed by atoms with van der Waals surface area (Å²) in [7, 11) is 0. The molecule has 0 fully saturated rings. The van der Waals surface area contributed by atoms with Crippen LogP contribution in [0.25, 0.3) is 0 Å². The molecule has 0 aromatic heterocycles. The van der Waals surface area contributed by atoms with Crippen LogP contribution in [0.4, 0.5) is 0 Å². The van der Waals surface area contributed by atoms with E-state index in [9.17, 15) is 0 Å². The zero-order valence-corrected chi connectivity index (χ0v) is 12.5. The highest BCUT2D eigenvalue weighted by molar-refractivity contribution is 5.41. The predicted molar refractivity (Wildman–Crippen MR) is 78.6 cm³/mol.